The van der Waals surface area contributed by atoms with Crippen LogP contribution in [-0.2, 0) is 0 Å². The lowest BCUT2D eigenvalue weighted by Crippen LogP contribution is -2.41. The number of carbonyl (C=O) groups excluding carboxylic acids is 1. The average Bonchev–Trinajstić information content (AvgIpc) is 2.66. The van der Waals surface area contributed by atoms with Crippen molar-refractivity contribution in [3.05, 3.63) is 64.4 Å². The molecule has 1 heterocycles. The minimum Gasteiger partial charge on any atom is -0.480 e. The van der Waals surface area contributed by atoms with Crippen LogP contribution in [0.1, 0.15) is 28.8 Å². The highest BCUT2D eigenvalue weighted by Gasteiger charge is 2.33. The van der Waals surface area contributed by atoms with Crippen molar-refractivity contribution in [3.8, 4) is 11.8 Å². The molecule has 1 aliphatic rings. The first-order valence-corrected chi connectivity index (χ1v) is 8.83. The van der Waals surface area contributed by atoms with Crippen LogP contribution in [0.5, 0.6) is 5.75 Å². The van der Waals surface area contributed by atoms with Crippen molar-refractivity contribution in [2.75, 3.05) is 13.1 Å². The summed E-state index contributed by atoms with van der Waals surface area (Å²) in [5.74, 6) is -0.819. The van der Waals surface area contributed by atoms with E-state index in [1.165, 1.54) is 18.2 Å². The minimum atomic E-state index is -0.801. The van der Waals surface area contributed by atoms with Crippen LogP contribution in [-0.4, -0.2) is 25.0 Å². The first kappa shape index (κ1) is 18.4. The monoisotopic (exact) mass is 372 g/mol. The molecular formula is C20H18ClFN2O2. The first-order valence-electron chi connectivity index (χ1n) is 8.46. The molecule has 0 aliphatic carbocycles. The Balaban J connectivity index is 1.95. The van der Waals surface area contributed by atoms with Gasteiger partial charge in [0.15, 0.2) is 6.10 Å². The lowest BCUT2D eigenvalue weighted by Gasteiger charge is -2.30. The van der Waals surface area contributed by atoms with Crippen molar-refractivity contribution in [3.63, 3.8) is 0 Å². The summed E-state index contributed by atoms with van der Waals surface area (Å²) in [5, 5.41) is 12.9. The average molecular weight is 373 g/mol. The van der Waals surface area contributed by atoms with Crippen molar-refractivity contribution in [1.82, 2.24) is 5.32 Å². The van der Waals surface area contributed by atoms with Crippen molar-refractivity contribution in [2.45, 2.75) is 18.9 Å². The molecule has 0 aromatic heterocycles. The van der Waals surface area contributed by atoms with E-state index in [2.05, 4.69) is 5.32 Å². The number of nitriles is 1. The Morgan fingerprint density at radius 2 is 2.00 bits per heavy atom. The molecule has 1 unspecified atom stereocenters. The molecule has 1 aliphatic heterocycles. The Morgan fingerprint density at radius 3 is 2.69 bits per heavy atom. The van der Waals surface area contributed by atoms with Crippen LogP contribution in [0.25, 0.3) is 0 Å². The van der Waals surface area contributed by atoms with Gasteiger partial charge in [-0.25, -0.2) is 4.39 Å². The fraction of sp³-hybridized carbons (Fsp3) is 0.300. The predicted octanol–water partition coefficient (Wildman–Crippen LogP) is 3.98. The zero-order chi connectivity index (χ0) is 18.5. The summed E-state index contributed by atoms with van der Waals surface area (Å²) in [6.45, 7) is 1.56. The third-order valence-corrected chi connectivity index (χ3v) is 4.76. The number of benzene rings is 2. The van der Waals surface area contributed by atoms with Crippen LogP contribution in [0.3, 0.4) is 0 Å². The van der Waals surface area contributed by atoms with Gasteiger partial charge in [0, 0.05) is 16.5 Å². The maximum Gasteiger partial charge on any atom is 0.203 e. The van der Waals surface area contributed by atoms with Gasteiger partial charge in [-0.15, -0.1) is 0 Å². The van der Waals surface area contributed by atoms with Gasteiger partial charge < -0.3 is 10.1 Å². The molecule has 2 aromatic rings. The molecule has 134 valence electrons. The van der Waals surface area contributed by atoms with Gasteiger partial charge in [-0.05, 0) is 50.2 Å². The number of piperidine rings is 1. The topological polar surface area (TPSA) is 62.1 Å². The molecule has 0 spiro atoms. The van der Waals surface area contributed by atoms with E-state index in [1.54, 1.807) is 24.3 Å². The fourth-order valence-corrected chi connectivity index (χ4v) is 3.35. The number of rotatable bonds is 5. The highest BCUT2D eigenvalue weighted by Crippen LogP contribution is 2.28. The number of halogens is 2. The highest BCUT2D eigenvalue weighted by atomic mass is 35.5. The molecule has 26 heavy (non-hydrogen) atoms. The van der Waals surface area contributed by atoms with Crippen molar-refractivity contribution < 1.29 is 13.9 Å². The predicted molar refractivity (Wildman–Crippen MR) is 96.9 cm³/mol. The summed E-state index contributed by atoms with van der Waals surface area (Å²) < 4.78 is 19.8. The molecule has 0 bridgehead atoms. The van der Waals surface area contributed by atoms with E-state index in [9.17, 15) is 14.4 Å². The molecule has 1 N–H and O–H groups in total. The Hall–Kier alpha value is -2.42. The van der Waals surface area contributed by atoms with Gasteiger partial charge >= 0.3 is 0 Å². The molecule has 4 nitrogen and oxygen atoms in total. The number of Topliss-reactive ketones (excluding diaryl/α,β-unsaturated/α-hetero) is 1. The van der Waals surface area contributed by atoms with E-state index in [-0.39, 0.29) is 23.0 Å². The van der Waals surface area contributed by atoms with E-state index in [0.29, 0.717) is 10.6 Å². The molecule has 1 saturated heterocycles. The molecule has 0 saturated carbocycles. The van der Waals surface area contributed by atoms with Crippen LogP contribution >= 0.6 is 11.6 Å². The lowest BCUT2D eigenvalue weighted by atomic mass is 9.87. The SMILES string of the molecule is N#Cc1c(F)cccc1OC(C(=O)c1cccc(Cl)c1)C1CCNCC1. The van der Waals surface area contributed by atoms with Crippen LogP contribution < -0.4 is 10.1 Å². The van der Waals surface area contributed by atoms with Crippen molar-refractivity contribution in [2.24, 2.45) is 5.92 Å². The largest absolute Gasteiger partial charge is 0.480 e. The van der Waals surface area contributed by atoms with Gasteiger partial charge in [0.05, 0.1) is 0 Å². The fourth-order valence-electron chi connectivity index (χ4n) is 3.16. The molecule has 2 aromatic carbocycles. The Morgan fingerprint density at radius 1 is 1.27 bits per heavy atom. The van der Waals surface area contributed by atoms with E-state index in [4.69, 9.17) is 16.3 Å². The van der Waals surface area contributed by atoms with Crippen LogP contribution in [0.15, 0.2) is 42.5 Å². The quantitative estimate of drug-likeness (QED) is 0.806. The smallest absolute Gasteiger partial charge is 0.203 e. The van der Waals surface area contributed by atoms with Gasteiger partial charge in [0.2, 0.25) is 5.78 Å². The van der Waals surface area contributed by atoms with E-state index in [0.717, 1.165) is 25.9 Å². The number of ether oxygens (including phenoxy) is 1. The molecular weight excluding hydrogens is 355 g/mol. The summed E-state index contributed by atoms with van der Waals surface area (Å²) in [4.78, 5) is 13.1. The van der Waals surface area contributed by atoms with E-state index < -0.39 is 11.9 Å². The molecule has 0 radical (unpaired) electrons. The third kappa shape index (κ3) is 4.04. The third-order valence-electron chi connectivity index (χ3n) is 4.52. The maximum atomic E-state index is 13.9. The number of ketones is 1. The Labute approximate surface area is 156 Å². The number of nitrogens with one attached hydrogen (secondary N) is 1. The van der Waals surface area contributed by atoms with Crippen LogP contribution in [0.4, 0.5) is 4.39 Å². The summed E-state index contributed by atoms with van der Waals surface area (Å²) >= 11 is 6.01. The zero-order valence-corrected chi connectivity index (χ0v) is 14.8. The standard InChI is InChI=1S/C20H18ClFN2O2/c21-15-4-1-3-14(11-15)19(25)20(13-7-9-24-10-8-13)26-18-6-2-5-17(22)16(18)12-23/h1-6,11,13,20,24H,7-10H2. The molecule has 1 fully saturated rings. The number of nitrogens with zero attached hydrogens (tertiary/aromatic N) is 1. The summed E-state index contributed by atoms with van der Waals surface area (Å²) in [6.07, 6.45) is 0.715. The van der Waals surface area contributed by atoms with Gasteiger partial charge in [-0.2, -0.15) is 5.26 Å². The Kier molecular flexibility index (Phi) is 5.87. The zero-order valence-electron chi connectivity index (χ0n) is 14.0. The second-order valence-corrected chi connectivity index (χ2v) is 6.66. The summed E-state index contributed by atoms with van der Waals surface area (Å²) in [5.41, 5.74) is 0.251. The molecule has 6 heteroatoms. The number of carbonyl (C=O) groups is 1. The van der Waals surface area contributed by atoms with Crippen LogP contribution in [0.2, 0.25) is 5.02 Å². The van der Waals surface area contributed by atoms with Gasteiger partial charge in [0.25, 0.3) is 0 Å². The van der Waals surface area contributed by atoms with Crippen molar-refractivity contribution >= 4 is 17.4 Å². The van der Waals surface area contributed by atoms with E-state index in [1.807, 2.05) is 6.07 Å². The maximum absolute atomic E-state index is 13.9. The Bertz CT molecular complexity index is 844. The summed E-state index contributed by atoms with van der Waals surface area (Å²) in [6, 6.07) is 12.7. The normalized spacial score (nSPS) is 15.9. The van der Waals surface area contributed by atoms with Gasteiger partial charge in [0.1, 0.15) is 23.2 Å². The molecule has 3 rings (SSSR count). The lowest BCUT2D eigenvalue weighted by molar-refractivity contribution is 0.0626. The second-order valence-electron chi connectivity index (χ2n) is 6.23. The number of hydrogen-bond acceptors (Lipinski definition) is 4. The van der Waals surface area contributed by atoms with E-state index >= 15 is 0 Å². The minimum absolute atomic E-state index is 0.0301. The van der Waals surface area contributed by atoms with Gasteiger partial charge in [-0.3, -0.25) is 4.79 Å². The number of hydrogen-bond donors (Lipinski definition) is 1. The molecule has 0 amide bonds. The molecule has 1 atom stereocenters. The first-order chi connectivity index (χ1) is 12.6. The summed E-state index contributed by atoms with van der Waals surface area (Å²) in [7, 11) is 0. The van der Waals surface area contributed by atoms with Gasteiger partial charge in [-0.1, -0.05) is 29.8 Å². The van der Waals surface area contributed by atoms with Crippen molar-refractivity contribution in [1.29, 1.82) is 5.26 Å². The second kappa shape index (κ2) is 8.31. The van der Waals surface area contributed by atoms with Crippen LogP contribution in [0, 0.1) is 23.1 Å². The highest BCUT2D eigenvalue weighted by molar-refractivity contribution is 6.31.